The van der Waals surface area contributed by atoms with E-state index in [-0.39, 0.29) is 5.41 Å². The highest BCUT2D eigenvalue weighted by Crippen LogP contribution is 2.22. The predicted octanol–water partition coefficient (Wildman–Crippen LogP) is 0.357. The number of aromatic nitrogens is 4. The van der Waals surface area contributed by atoms with Crippen molar-refractivity contribution in [2.45, 2.75) is 26.7 Å². The Morgan fingerprint density at radius 1 is 1.58 bits per heavy atom. The fraction of sp³-hybridized carbons (Fsp3) is 0.714. The molecule has 0 radical (unpaired) electrons. The van der Waals surface area contributed by atoms with Gasteiger partial charge < -0.3 is 4.79 Å². The number of nitrogens with zero attached hydrogens (tertiary/aromatic N) is 3. The molecular weight excluding hydrogens is 156 g/mol. The molecule has 5 nitrogen and oxygen atoms in total. The van der Waals surface area contributed by atoms with Gasteiger partial charge in [-0.15, -0.1) is 5.10 Å². The van der Waals surface area contributed by atoms with Gasteiger partial charge in [-0.1, -0.05) is 13.8 Å². The lowest BCUT2D eigenvalue weighted by atomic mass is 9.86. The minimum absolute atomic E-state index is 0.0665. The summed E-state index contributed by atoms with van der Waals surface area (Å²) in [4.78, 5) is 10.3. The molecule has 0 aliphatic heterocycles. The van der Waals surface area contributed by atoms with Crippen LogP contribution in [0.3, 0.4) is 0 Å². The number of aromatic amines is 1. The van der Waals surface area contributed by atoms with Crippen molar-refractivity contribution in [2.75, 3.05) is 0 Å². The molecule has 0 aliphatic rings. The Kier molecular flexibility index (Phi) is 2.52. The highest BCUT2D eigenvalue weighted by atomic mass is 16.1. The third-order valence-corrected chi connectivity index (χ3v) is 1.67. The van der Waals surface area contributed by atoms with Crippen molar-refractivity contribution in [3.05, 3.63) is 5.82 Å². The third-order valence-electron chi connectivity index (χ3n) is 1.67. The second kappa shape index (κ2) is 3.42. The lowest BCUT2D eigenvalue weighted by Crippen LogP contribution is -2.16. The molecule has 1 rings (SSSR count). The summed E-state index contributed by atoms with van der Waals surface area (Å²) in [5.74, 6) is 0.724. The summed E-state index contributed by atoms with van der Waals surface area (Å²) in [5, 5.41) is 13.3. The topological polar surface area (TPSA) is 71.5 Å². The van der Waals surface area contributed by atoms with Gasteiger partial charge in [0.2, 0.25) is 0 Å². The number of carbonyl (C=O) groups excluding carboxylic acids is 1. The molecule has 0 aromatic carbocycles. The van der Waals surface area contributed by atoms with E-state index < -0.39 is 0 Å². The molecule has 1 aromatic rings. The number of rotatable bonds is 4. The summed E-state index contributed by atoms with van der Waals surface area (Å²) in [6, 6.07) is 0. The van der Waals surface area contributed by atoms with Crippen molar-refractivity contribution in [3.63, 3.8) is 0 Å². The van der Waals surface area contributed by atoms with Gasteiger partial charge in [0.15, 0.2) is 0 Å². The molecule has 0 atom stereocenters. The number of carbonyl (C=O) groups is 1. The quantitative estimate of drug-likeness (QED) is 0.659. The molecule has 0 saturated heterocycles. The van der Waals surface area contributed by atoms with Crippen LogP contribution in [0.2, 0.25) is 0 Å². The first-order valence-corrected chi connectivity index (χ1v) is 3.80. The van der Waals surface area contributed by atoms with Gasteiger partial charge in [0, 0.05) is 12.8 Å². The van der Waals surface area contributed by atoms with Gasteiger partial charge in [-0.2, -0.15) is 0 Å². The molecule has 0 spiro atoms. The van der Waals surface area contributed by atoms with E-state index in [9.17, 15) is 4.79 Å². The first-order chi connectivity index (χ1) is 5.64. The highest BCUT2D eigenvalue weighted by Gasteiger charge is 2.19. The number of hydrogen-bond acceptors (Lipinski definition) is 4. The Bertz CT molecular complexity index is 242. The summed E-state index contributed by atoms with van der Waals surface area (Å²) in [6.07, 6.45) is 2.14. The summed E-state index contributed by atoms with van der Waals surface area (Å²) in [6.45, 7) is 4.01. The number of aldehydes is 1. The van der Waals surface area contributed by atoms with Crippen LogP contribution >= 0.6 is 0 Å². The molecule has 0 fully saturated rings. The molecule has 0 unspecified atom stereocenters. The molecular formula is C7H12N4O. The zero-order valence-corrected chi connectivity index (χ0v) is 7.24. The van der Waals surface area contributed by atoms with Crippen LogP contribution in [0.15, 0.2) is 0 Å². The summed E-state index contributed by atoms with van der Waals surface area (Å²) >= 11 is 0. The van der Waals surface area contributed by atoms with Crippen LogP contribution in [0.4, 0.5) is 0 Å². The molecule has 1 N–H and O–H groups in total. The molecule has 1 heterocycles. The zero-order chi connectivity index (χ0) is 9.03. The molecule has 1 aromatic heterocycles. The summed E-state index contributed by atoms with van der Waals surface area (Å²) < 4.78 is 0. The summed E-state index contributed by atoms with van der Waals surface area (Å²) in [7, 11) is 0. The van der Waals surface area contributed by atoms with Crippen molar-refractivity contribution in [3.8, 4) is 0 Å². The van der Waals surface area contributed by atoms with Crippen molar-refractivity contribution in [1.82, 2.24) is 20.6 Å². The highest BCUT2D eigenvalue weighted by molar-refractivity contribution is 5.50. The fourth-order valence-corrected chi connectivity index (χ4v) is 1.00. The Balaban J connectivity index is 2.55. The van der Waals surface area contributed by atoms with Crippen molar-refractivity contribution in [1.29, 1.82) is 0 Å². The van der Waals surface area contributed by atoms with Crippen LogP contribution in [0, 0.1) is 5.41 Å². The van der Waals surface area contributed by atoms with Gasteiger partial charge in [-0.3, -0.25) is 0 Å². The van der Waals surface area contributed by atoms with E-state index in [1.54, 1.807) is 0 Å². The second-order valence-electron chi connectivity index (χ2n) is 3.56. The van der Waals surface area contributed by atoms with Crippen LogP contribution in [-0.4, -0.2) is 26.9 Å². The molecule has 5 heteroatoms. The maximum atomic E-state index is 10.3. The van der Waals surface area contributed by atoms with Crippen LogP contribution in [-0.2, 0) is 11.2 Å². The molecule has 66 valence electrons. The monoisotopic (exact) mass is 168 g/mol. The fourth-order valence-electron chi connectivity index (χ4n) is 1.00. The Morgan fingerprint density at radius 2 is 2.33 bits per heavy atom. The van der Waals surface area contributed by atoms with E-state index in [4.69, 9.17) is 0 Å². The van der Waals surface area contributed by atoms with E-state index in [1.807, 2.05) is 13.8 Å². The lowest BCUT2D eigenvalue weighted by molar-refractivity contribution is -0.109. The largest absolute Gasteiger partial charge is 0.303 e. The average molecular weight is 168 g/mol. The van der Waals surface area contributed by atoms with E-state index in [1.165, 1.54) is 0 Å². The molecule has 0 amide bonds. The average Bonchev–Trinajstić information content (AvgIpc) is 2.38. The number of nitrogens with one attached hydrogen (secondary N) is 1. The minimum atomic E-state index is -0.0665. The van der Waals surface area contributed by atoms with Crippen LogP contribution in [0.25, 0.3) is 0 Å². The van der Waals surface area contributed by atoms with Crippen molar-refractivity contribution >= 4 is 6.29 Å². The first kappa shape index (κ1) is 8.83. The Morgan fingerprint density at radius 3 is 2.83 bits per heavy atom. The van der Waals surface area contributed by atoms with Gasteiger partial charge in [0.25, 0.3) is 0 Å². The SMILES string of the molecule is CC(C)(CC=O)Cc1nnn[nH]1. The Labute approximate surface area is 70.6 Å². The standard InChI is InChI=1S/C7H12N4O/c1-7(2,3-4-12)5-6-8-10-11-9-6/h4H,3,5H2,1-2H3,(H,8,9,10,11). The number of H-pyrrole nitrogens is 1. The van der Waals surface area contributed by atoms with E-state index in [0.717, 1.165) is 12.1 Å². The van der Waals surface area contributed by atoms with Gasteiger partial charge in [-0.05, 0) is 15.8 Å². The number of hydrogen-bond donors (Lipinski definition) is 1. The summed E-state index contributed by atoms with van der Waals surface area (Å²) in [5.41, 5.74) is -0.0665. The van der Waals surface area contributed by atoms with Gasteiger partial charge in [-0.25, -0.2) is 5.10 Å². The van der Waals surface area contributed by atoms with Crippen LogP contribution in [0.1, 0.15) is 26.1 Å². The van der Waals surface area contributed by atoms with Crippen molar-refractivity contribution < 1.29 is 4.79 Å². The lowest BCUT2D eigenvalue weighted by Gasteiger charge is -2.18. The normalized spacial score (nSPS) is 11.5. The maximum Gasteiger partial charge on any atom is 0.148 e. The molecule has 0 aliphatic carbocycles. The van der Waals surface area contributed by atoms with Gasteiger partial charge in [0.05, 0.1) is 0 Å². The Hall–Kier alpha value is -1.26. The third kappa shape index (κ3) is 2.41. The van der Waals surface area contributed by atoms with E-state index in [0.29, 0.717) is 12.8 Å². The molecule has 0 bridgehead atoms. The number of tetrazole rings is 1. The minimum Gasteiger partial charge on any atom is -0.303 e. The van der Waals surface area contributed by atoms with E-state index in [2.05, 4.69) is 20.6 Å². The zero-order valence-electron chi connectivity index (χ0n) is 7.24. The van der Waals surface area contributed by atoms with E-state index >= 15 is 0 Å². The van der Waals surface area contributed by atoms with Crippen LogP contribution < -0.4 is 0 Å². The van der Waals surface area contributed by atoms with Crippen LogP contribution in [0.5, 0.6) is 0 Å². The maximum absolute atomic E-state index is 10.3. The van der Waals surface area contributed by atoms with Gasteiger partial charge >= 0.3 is 0 Å². The molecule has 0 saturated carbocycles. The molecule has 12 heavy (non-hydrogen) atoms. The van der Waals surface area contributed by atoms with Crippen molar-refractivity contribution in [2.24, 2.45) is 5.41 Å². The predicted molar refractivity (Wildman–Crippen MR) is 42.3 cm³/mol. The van der Waals surface area contributed by atoms with Gasteiger partial charge in [0.1, 0.15) is 12.1 Å². The first-order valence-electron chi connectivity index (χ1n) is 3.80. The second-order valence-corrected chi connectivity index (χ2v) is 3.56. The smallest absolute Gasteiger partial charge is 0.148 e.